The first kappa shape index (κ1) is 21.9. The molecule has 0 fully saturated rings. The Bertz CT molecular complexity index is 600. The van der Waals surface area contributed by atoms with Crippen LogP contribution in [0.3, 0.4) is 0 Å². The predicted octanol–water partition coefficient (Wildman–Crippen LogP) is 3.70. The fourth-order valence-corrected chi connectivity index (χ4v) is 2.30. The number of carbonyl (C=O) groups excluding carboxylic acids is 1. The van der Waals surface area contributed by atoms with E-state index in [-0.39, 0.29) is 5.56 Å². The van der Waals surface area contributed by atoms with Gasteiger partial charge in [-0.1, -0.05) is 12.8 Å². The summed E-state index contributed by atoms with van der Waals surface area (Å²) in [5, 5.41) is 14.8. The van der Waals surface area contributed by atoms with E-state index in [1.165, 1.54) is 18.2 Å². The van der Waals surface area contributed by atoms with Crippen LogP contribution in [0.2, 0.25) is 0 Å². The van der Waals surface area contributed by atoms with Crippen LogP contribution in [0.15, 0.2) is 18.2 Å². The number of aromatic carboxylic acids is 1. The number of unbranched alkanes of at least 4 members (excludes halogenated alkanes) is 3. The molecule has 0 aliphatic carbocycles. The van der Waals surface area contributed by atoms with Gasteiger partial charge >= 0.3 is 12.1 Å². The molecule has 3 N–H and O–H groups in total. The molecule has 0 atom stereocenters. The highest BCUT2D eigenvalue weighted by atomic mass is 19.1. The number of halogens is 1. The van der Waals surface area contributed by atoms with Gasteiger partial charge in [0.05, 0.1) is 5.56 Å². The minimum atomic E-state index is -1.06. The minimum Gasteiger partial charge on any atom is -0.478 e. The highest BCUT2D eigenvalue weighted by Crippen LogP contribution is 2.11. The minimum absolute atomic E-state index is 0.0840. The van der Waals surface area contributed by atoms with Gasteiger partial charge in [0.15, 0.2) is 0 Å². The number of amides is 1. The Morgan fingerprint density at radius 3 is 2.38 bits per heavy atom. The van der Waals surface area contributed by atoms with Crippen molar-refractivity contribution in [1.82, 2.24) is 10.6 Å². The third-order valence-electron chi connectivity index (χ3n) is 3.56. The second-order valence-corrected chi connectivity index (χ2v) is 7.13. The van der Waals surface area contributed by atoms with Gasteiger partial charge in [0.25, 0.3) is 0 Å². The van der Waals surface area contributed by atoms with Crippen molar-refractivity contribution in [3.8, 4) is 0 Å². The third-order valence-corrected chi connectivity index (χ3v) is 3.56. The van der Waals surface area contributed by atoms with E-state index in [0.29, 0.717) is 18.7 Å². The van der Waals surface area contributed by atoms with E-state index in [4.69, 9.17) is 9.84 Å². The molecule has 0 radical (unpaired) electrons. The van der Waals surface area contributed by atoms with Gasteiger partial charge in [-0.05, 0) is 58.4 Å². The molecule has 0 saturated carbocycles. The first-order valence-corrected chi connectivity index (χ1v) is 8.88. The number of hydrogen-bond acceptors (Lipinski definition) is 4. The Balaban J connectivity index is 2.09. The number of ether oxygens (including phenoxy) is 1. The van der Waals surface area contributed by atoms with Crippen molar-refractivity contribution in [2.24, 2.45) is 0 Å². The van der Waals surface area contributed by atoms with E-state index in [9.17, 15) is 14.0 Å². The number of carbonyl (C=O) groups is 2. The van der Waals surface area contributed by atoms with Gasteiger partial charge < -0.3 is 20.5 Å². The summed E-state index contributed by atoms with van der Waals surface area (Å²) in [4.78, 5) is 22.3. The quantitative estimate of drug-likeness (QED) is 0.548. The van der Waals surface area contributed by atoms with E-state index < -0.39 is 23.5 Å². The summed E-state index contributed by atoms with van der Waals surface area (Å²) in [7, 11) is 0. The molecule has 6 nitrogen and oxygen atoms in total. The van der Waals surface area contributed by atoms with Crippen molar-refractivity contribution in [2.75, 3.05) is 13.1 Å². The fraction of sp³-hybridized carbons (Fsp3) is 0.579. The average Bonchev–Trinajstić information content (AvgIpc) is 2.52. The fourth-order valence-electron chi connectivity index (χ4n) is 2.30. The van der Waals surface area contributed by atoms with Crippen molar-refractivity contribution >= 4 is 12.1 Å². The molecular weight excluding hydrogens is 339 g/mol. The summed E-state index contributed by atoms with van der Waals surface area (Å²) in [6.45, 7) is 7.06. The van der Waals surface area contributed by atoms with Gasteiger partial charge in [-0.3, -0.25) is 0 Å². The summed E-state index contributed by atoms with van der Waals surface area (Å²) in [5.41, 5.74) is -0.0497. The van der Waals surface area contributed by atoms with Crippen molar-refractivity contribution in [3.05, 3.63) is 35.1 Å². The molecule has 0 saturated heterocycles. The summed E-state index contributed by atoms with van der Waals surface area (Å²) in [5.74, 6) is -1.47. The van der Waals surface area contributed by atoms with Crippen LogP contribution in [0, 0.1) is 5.82 Å². The van der Waals surface area contributed by atoms with Gasteiger partial charge in [-0.25, -0.2) is 14.0 Å². The Morgan fingerprint density at radius 2 is 1.77 bits per heavy atom. The van der Waals surface area contributed by atoms with Crippen LogP contribution in [0.5, 0.6) is 0 Å². The SMILES string of the molecule is CC(C)(C)OC(=O)NCCCCCCNCc1cc(C(=O)O)ccc1F. The average molecular weight is 368 g/mol. The van der Waals surface area contributed by atoms with Crippen LogP contribution in [0.25, 0.3) is 0 Å². The highest BCUT2D eigenvalue weighted by Gasteiger charge is 2.15. The van der Waals surface area contributed by atoms with Crippen molar-refractivity contribution in [3.63, 3.8) is 0 Å². The first-order valence-electron chi connectivity index (χ1n) is 8.88. The molecule has 0 bridgehead atoms. The lowest BCUT2D eigenvalue weighted by Crippen LogP contribution is -2.33. The Kier molecular flexibility index (Phi) is 9.05. The summed E-state index contributed by atoms with van der Waals surface area (Å²) in [6, 6.07) is 3.79. The van der Waals surface area contributed by atoms with Gasteiger partial charge in [0.2, 0.25) is 0 Å². The number of carboxylic acid groups (broad SMARTS) is 1. The molecule has 0 aliphatic rings. The van der Waals surface area contributed by atoms with Gasteiger partial charge in [0.1, 0.15) is 11.4 Å². The van der Waals surface area contributed by atoms with Gasteiger partial charge in [-0.2, -0.15) is 0 Å². The van der Waals surface area contributed by atoms with Crippen LogP contribution in [0.1, 0.15) is 62.4 Å². The lowest BCUT2D eigenvalue weighted by Gasteiger charge is -2.19. The second-order valence-electron chi connectivity index (χ2n) is 7.13. The highest BCUT2D eigenvalue weighted by molar-refractivity contribution is 5.87. The summed E-state index contributed by atoms with van der Waals surface area (Å²) >= 11 is 0. The predicted molar refractivity (Wildman–Crippen MR) is 97.8 cm³/mol. The molecule has 0 heterocycles. The Labute approximate surface area is 154 Å². The zero-order chi connectivity index (χ0) is 19.6. The lowest BCUT2D eigenvalue weighted by molar-refractivity contribution is 0.0526. The number of nitrogens with one attached hydrogen (secondary N) is 2. The number of hydrogen-bond donors (Lipinski definition) is 3. The molecule has 0 aromatic heterocycles. The van der Waals surface area contributed by atoms with Crippen LogP contribution in [-0.4, -0.2) is 35.9 Å². The van der Waals surface area contributed by atoms with Crippen LogP contribution in [-0.2, 0) is 11.3 Å². The van der Waals surface area contributed by atoms with Crippen LogP contribution >= 0.6 is 0 Å². The van der Waals surface area contributed by atoms with Crippen LogP contribution in [0.4, 0.5) is 9.18 Å². The van der Waals surface area contributed by atoms with E-state index in [1.807, 2.05) is 20.8 Å². The topological polar surface area (TPSA) is 87.7 Å². The smallest absolute Gasteiger partial charge is 0.407 e. The molecule has 0 spiro atoms. The number of rotatable bonds is 10. The molecule has 0 unspecified atom stereocenters. The normalized spacial score (nSPS) is 11.2. The molecule has 1 aromatic rings. The maximum absolute atomic E-state index is 13.6. The largest absolute Gasteiger partial charge is 0.478 e. The van der Waals surface area contributed by atoms with Crippen molar-refractivity contribution < 1.29 is 23.8 Å². The number of carboxylic acids is 1. The number of alkyl carbamates (subject to hydrolysis) is 1. The Morgan fingerprint density at radius 1 is 1.12 bits per heavy atom. The zero-order valence-corrected chi connectivity index (χ0v) is 15.7. The van der Waals surface area contributed by atoms with E-state index in [2.05, 4.69) is 10.6 Å². The van der Waals surface area contributed by atoms with E-state index >= 15 is 0 Å². The maximum Gasteiger partial charge on any atom is 0.407 e. The van der Waals surface area contributed by atoms with Crippen molar-refractivity contribution in [2.45, 2.75) is 58.6 Å². The molecule has 7 heteroatoms. The second kappa shape index (κ2) is 10.8. The monoisotopic (exact) mass is 368 g/mol. The first-order chi connectivity index (χ1) is 12.2. The summed E-state index contributed by atoms with van der Waals surface area (Å²) in [6.07, 6.45) is 3.35. The molecule has 146 valence electrons. The molecule has 1 aromatic carbocycles. The molecule has 0 aliphatic heterocycles. The molecule has 1 amide bonds. The lowest BCUT2D eigenvalue weighted by atomic mass is 10.1. The number of benzene rings is 1. The van der Waals surface area contributed by atoms with E-state index in [0.717, 1.165) is 32.2 Å². The van der Waals surface area contributed by atoms with Crippen LogP contribution < -0.4 is 10.6 Å². The summed E-state index contributed by atoms with van der Waals surface area (Å²) < 4.78 is 18.8. The van der Waals surface area contributed by atoms with E-state index in [1.54, 1.807) is 0 Å². The standard InChI is InChI=1S/C19H29FN2O4/c1-19(2,3)26-18(25)22-11-7-5-4-6-10-21-13-15-12-14(17(23)24)8-9-16(15)20/h8-9,12,21H,4-7,10-11,13H2,1-3H3,(H,22,25)(H,23,24). The van der Waals surface area contributed by atoms with Gasteiger partial charge in [-0.15, -0.1) is 0 Å². The van der Waals surface area contributed by atoms with Crippen molar-refractivity contribution in [1.29, 1.82) is 0 Å². The van der Waals surface area contributed by atoms with Gasteiger partial charge in [0, 0.05) is 18.7 Å². The molecule has 1 rings (SSSR count). The molecular formula is C19H29FN2O4. The Hall–Kier alpha value is -2.15. The maximum atomic E-state index is 13.6. The third kappa shape index (κ3) is 9.36. The zero-order valence-electron chi connectivity index (χ0n) is 15.7. The molecule has 26 heavy (non-hydrogen) atoms.